The summed E-state index contributed by atoms with van der Waals surface area (Å²) >= 11 is 7.17. The van der Waals surface area contributed by atoms with E-state index >= 15 is 0 Å². The fourth-order valence-corrected chi connectivity index (χ4v) is 3.58. The molecule has 0 aliphatic carbocycles. The van der Waals surface area contributed by atoms with Crippen molar-refractivity contribution >= 4 is 45.6 Å². The summed E-state index contributed by atoms with van der Waals surface area (Å²) in [4.78, 5) is 30.3. The molecule has 1 amide bonds. The zero-order valence-corrected chi connectivity index (χ0v) is 16.8. The topological polar surface area (TPSA) is 68.7 Å². The summed E-state index contributed by atoms with van der Waals surface area (Å²) < 4.78 is 10.6. The van der Waals surface area contributed by atoms with Crippen LogP contribution in [0.4, 0.5) is 10.8 Å². The number of nitrogens with zero attached hydrogens (tertiary/aromatic N) is 2. The van der Waals surface area contributed by atoms with Crippen LogP contribution in [0.5, 0.6) is 5.75 Å². The van der Waals surface area contributed by atoms with Crippen LogP contribution in [0.3, 0.4) is 0 Å². The van der Waals surface area contributed by atoms with Gasteiger partial charge in [0.1, 0.15) is 12.4 Å². The molecule has 0 saturated heterocycles. The molecule has 2 aromatic carbocycles. The molecule has 0 aliphatic heterocycles. The normalized spacial score (nSPS) is 10.4. The molecule has 8 heteroatoms. The van der Waals surface area contributed by atoms with Gasteiger partial charge in [0, 0.05) is 17.3 Å². The molecule has 3 rings (SSSR count). The predicted octanol–water partition coefficient (Wildman–Crippen LogP) is 4.85. The van der Waals surface area contributed by atoms with Crippen molar-refractivity contribution in [2.75, 3.05) is 12.0 Å². The molecule has 0 N–H and O–H groups in total. The van der Waals surface area contributed by atoms with Crippen LogP contribution in [-0.4, -0.2) is 24.0 Å². The highest BCUT2D eigenvalue weighted by molar-refractivity contribution is 7.14. The number of aromatic nitrogens is 1. The van der Waals surface area contributed by atoms with Gasteiger partial charge in [-0.05, 0) is 30.3 Å². The van der Waals surface area contributed by atoms with Crippen LogP contribution in [0, 0.1) is 0 Å². The number of halogens is 1. The van der Waals surface area contributed by atoms with Crippen molar-refractivity contribution in [3.05, 3.63) is 70.2 Å². The molecule has 3 aromatic rings. The molecule has 0 fully saturated rings. The van der Waals surface area contributed by atoms with E-state index in [1.54, 1.807) is 42.8 Å². The van der Waals surface area contributed by atoms with Gasteiger partial charge in [-0.15, -0.1) is 11.3 Å². The molecular formula is C20H17ClN2O4S. The van der Waals surface area contributed by atoms with Gasteiger partial charge in [-0.25, -0.2) is 9.78 Å². The summed E-state index contributed by atoms with van der Waals surface area (Å²) in [6.45, 7) is 1.44. The van der Waals surface area contributed by atoms with Crippen molar-refractivity contribution in [2.45, 2.75) is 13.5 Å². The first kappa shape index (κ1) is 19.9. The summed E-state index contributed by atoms with van der Waals surface area (Å²) in [5, 5.41) is 2.66. The molecule has 6 nitrogen and oxygen atoms in total. The second kappa shape index (κ2) is 8.86. The van der Waals surface area contributed by atoms with Gasteiger partial charge in [-0.1, -0.05) is 29.8 Å². The molecule has 0 bridgehead atoms. The van der Waals surface area contributed by atoms with Crippen molar-refractivity contribution in [2.24, 2.45) is 0 Å². The third kappa shape index (κ3) is 4.49. The molecule has 0 aliphatic rings. The highest BCUT2D eigenvalue weighted by Crippen LogP contribution is 2.35. The Labute approximate surface area is 171 Å². The highest BCUT2D eigenvalue weighted by atomic mass is 35.5. The standard InChI is InChI=1S/C20H17ClN2O4S/c1-13(24)23(17-8-3-4-9-18(17)26-2)20-22-16(12-28-20)11-27-19(25)14-6-5-7-15(21)10-14/h3-10,12H,11H2,1-2H3. The Bertz CT molecular complexity index is 1010. The summed E-state index contributed by atoms with van der Waals surface area (Å²) in [5.41, 5.74) is 1.49. The number of para-hydroxylation sites is 2. The van der Waals surface area contributed by atoms with Gasteiger partial charge in [0.25, 0.3) is 0 Å². The van der Waals surface area contributed by atoms with Crippen molar-refractivity contribution in [1.82, 2.24) is 4.98 Å². The Morgan fingerprint density at radius 3 is 2.68 bits per heavy atom. The number of thiazole rings is 1. The smallest absolute Gasteiger partial charge is 0.338 e. The number of rotatable bonds is 6. The van der Waals surface area contributed by atoms with Gasteiger partial charge in [-0.3, -0.25) is 9.69 Å². The molecule has 1 aromatic heterocycles. The van der Waals surface area contributed by atoms with Crippen molar-refractivity contribution in [3.63, 3.8) is 0 Å². The highest BCUT2D eigenvalue weighted by Gasteiger charge is 2.21. The zero-order valence-electron chi connectivity index (χ0n) is 15.2. The van der Waals surface area contributed by atoms with Crippen LogP contribution < -0.4 is 9.64 Å². The second-order valence-electron chi connectivity index (χ2n) is 5.73. The maximum atomic E-state index is 12.2. The Hall–Kier alpha value is -2.90. The number of ether oxygens (including phenoxy) is 2. The van der Waals surface area contributed by atoms with E-state index in [2.05, 4.69) is 4.98 Å². The third-order valence-electron chi connectivity index (χ3n) is 3.78. The lowest BCUT2D eigenvalue weighted by atomic mass is 10.2. The fourth-order valence-electron chi connectivity index (χ4n) is 2.53. The molecule has 0 saturated carbocycles. The monoisotopic (exact) mass is 416 g/mol. The summed E-state index contributed by atoms with van der Waals surface area (Å²) in [6.07, 6.45) is 0. The van der Waals surface area contributed by atoms with Crippen molar-refractivity contribution < 1.29 is 19.1 Å². The largest absolute Gasteiger partial charge is 0.495 e. The fraction of sp³-hybridized carbons (Fsp3) is 0.150. The SMILES string of the molecule is COc1ccccc1N(C(C)=O)c1nc(COC(=O)c2cccc(Cl)c2)cs1. The maximum Gasteiger partial charge on any atom is 0.338 e. The van der Waals surface area contributed by atoms with Crippen molar-refractivity contribution in [1.29, 1.82) is 0 Å². The molecule has 0 unspecified atom stereocenters. The first-order valence-electron chi connectivity index (χ1n) is 8.30. The van der Waals surface area contributed by atoms with Crippen LogP contribution in [0.25, 0.3) is 0 Å². The minimum absolute atomic E-state index is 0.0144. The van der Waals surface area contributed by atoms with Gasteiger partial charge in [0.2, 0.25) is 5.91 Å². The van der Waals surface area contributed by atoms with E-state index in [1.165, 1.54) is 29.2 Å². The number of hydrogen-bond donors (Lipinski definition) is 0. The average Bonchev–Trinajstić information content (AvgIpc) is 3.14. The number of hydrogen-bond acceptors (Lipinski definition) is 6. The molecule has 0 radical (unpaired) electrons. The Kier molecular flexibility index (Phi) is 6.28. The van der Waals surface area contributed by atoms with Gasteiger partial charge in [0.15, 0.2) is 5.13 Å². The molecule has 0 spiro atoms. The lowest BCUT2D eigenvalue weighted by molar-refractivity contribution is -0.115. The number of carbonyl (C=O) groups excluding carboxylic acids is 2. The third-order valence-corrected chi connectivity index (χ3v) is 4.89. The summed E-state index contributed by atoms with van der Waals surface area (Å²) in [7, 11) is 1.54. The van der Waals surface area contributed by atoms with Gasteiger partial charge in [0.05, 0.1) is 24.1 Å². The van der Waals surface area contributed by atoms with E-state index in [9.17, 15) is 9.59 Å². The summed E-state index contributed by atoms with van der Waals surface area (Å²) in [6, 6.07) is 13.7. The quantitative estimate of drug-likeness (QED) is 0.537. The molecule has 28 heavy (non-hydrogen) atoms. The minimum Gasteiger partial charge on any atom is -0.495 e. The second-order valence-corrected chi connectivity index (χ2v) is 7.01. The average molecular weight is 417 g/mol. The van der Waals surface area contributed by atoms with E-state index in [4.69, 9.17) is 21.1 Å². The first-order valence-corrected chi connectivity index (χ1v) is 9.56. The van der Waals surface area contributed by atoms with Crippen LogP contribution in [0.15, 0.2) is 53.9 Å². The Morgan fingerprint density at radius 1 is 1.18 bits per heavy atom. The minimum atomic E-state index is -0.495. The number of benzene rings is 2. The van der Waals surface area contributed by atoms with Crippen molar-refractivity contribution in [3.8, 4) is 5.75 Å². The summed E-state index contributed by atoms with van der Waals surface area (Å²) in [5.74, 6) is -0.145. The van der Waals surface area contributed by atoms with E-state index in [0.717, 1.165) is 0 Å². The molecule has 144 valence electrons. The number of amides is 1. The van der Waals surface area contributed by atoms with E-state index in [0.29, 0.717) is 32.8 Å². The van der Waals surface area contributed by atoms with Crippen LogP contribution in [0.1, 0.15) is 23.0 Å². The first-order chi connectivity index (χ1) is 13.5. The lowest BCUT2D eigenvalue weighted by Gasteiger charge is -2.20. The Balaban J connectivity index is 1.76. The molecule has 0 atom stereocenters. The van der Waals surface area contributed by atoms with Gasteiger partial charge in [-0.2, -0.15) is 0 Å². The van der Waals surface area contributed by atoms with Gasteiger partial charge >= 0.3 is 5.97 Å². The number of anilines is 2. The van der Waals surface area contributed by atoms with Crippen LogP contribution in [0.2, 0.25) is 5.02 Å². The van der Waals surface area contributed by atoms with E-state index in [-0.39, 0.29) is 12.5 Å². The zero-order chi connectivity index (χ0) is 20.1. The van der Waals surface area contributed by atoms with E-state index in [1.807, 2.05) is 12.1 Å². The lowest BCUT2D eigenvalue weighted by Crippen LogP contribution is -2.23. The molecule has 1 heterocycles. The predicted molar refractivity (Wildman–Crippen MR) is 108 cm³/mol. The number of esters is 1. The number of methoxy groups -OCH3 is 1. The van der Waals surface area contributed by atoms with Gasteiger partial charge < -0.3 is 9.47 Å². The Morgan fingerprint density at radius 2 is 1.96 bits per heavy atom. The van der Waals surface area contributed by atoms with Crippen LogP contribution >= 0.6 is 22.9 Å². The van der Waals surface area contributed by atoms with Crippen LogP contribution in [-0.2, 0) is 16.1 Å². The maximum absolute atomic E-state index is 12.2. The number of carbonyl (C=O) groups is 2. The molecular weight excluding hydrogens is 400 g/mol. The van der Waals surface area contributed by atoms with E-state index < -0.39 is 5.97 Å².